The number of aromatic nitrogens is 7. The van der Waals surface area contributed by atoms with Crippen LogP contribution in [0, 0.1) is 20.8 Å². The van der Waals surface area contributed by atoms with Crippen LogP contribution in [0.3, 0.4) is 0 Å². The third kappa shape index (κ3) is 4.06. The van der Waals surface area contributed by atoms with E-state index in [1.807, 2.05) is 78.6 Å². The van der Waals surface area contributed by atoms with E-state index in [0.717, 1.165) is 45.2 Å². The van der Waals surface area contributed by atoms with Gasteiger partial charge < -0.3 is 10.4 Å². The van der Waals surface area contributed by atoms with Gasteiger partial charge in [-0.25, -0.2) is 14.6 Å². The minimum atomic E-state index is 0.0441. The average molecular weight is 441 g/mol. The lowest BCUT2D eigenvalue weighted by Crippen LogP contribution is -2.10. The summed E-state index contributed by atoms with van der Waals surface area (Å²) in [6.07, 6.45) is 2.27. The minimum Gasteiger partial charge on any atom is -0.396 e. The molecule has 1 aromatic carbocycles. The van der Waals surface area contributed by atoms with Gasteiger partial charge in [0, 0.05) is 18.0 Å². The van der Waals surface area contributed by atoms with E-state index in [1.165, 1.54) is 0 Å². The highest BCUT2D eigenvalue weighted by Gasteiger charge is 2.14. The molecule has 0 radical (unpaired) electrons. The van der Waals surface area contributed by atoms with E-state index in [2.05, 4.69) is 25.6 Å². The molecule has 5 aromatic rings. The molecule has 4 aromatic heterocycles. The van der Waals surface area contributed by atoms with E-state index in [4.69, 9.17) is 4.98 Å². The van der Waals surface area contributed by atoms with E-state index in [9.17, 15) is 5.11 Å². The highest BCUT2D eigenvalue weighted by Crippen LogP contribution is 2.24. The number of nitrogens with zero attached hydrogens (tertiary/aromatic N) is 7. The Labute approximate surface area is 190 Å². The van der Waals surface area contributed by atoms with Gasteiger partial charge in [0.1, 0.15) is 12.1 Å². The third-order valence-corrected chi connectivity index (χ3v) is 5.40. The average Bonchev–Trinajstić information content (AvgIpc) is 3.38. The summed E-state index contributed by atoms with van der Waals surface area (Å²) in [4.78, 5) is 9.48. The van der Waals surface area contributed by atoms with E-state index >= 15 is 0 Å². The van der Waals surface area contributed by atoms with Crippen LogP contribution in [0.2, 0.25) is 0 Å². The van der Waals surface area contributed by atoms with Gasteiger partial charge in [-0.3, -0.25) is 4.57 Å². The number of aliphatic hydroxyl groups is 1. The van der Waals surface area contributed by atoms with Crippen LogP contribution in [0.5, 0.6) is 0 Å². The van der Waals surface area contributed by atoms with Crippen LogP contribution < -0.4 is 5.32 Å². The monoisotopic (exact) mass is 440 g/mol. The lowest BCUT2D eigenvalue weighted by atomic mass is 10.2. The number of hydrogen-bond donors (Lipinski definition) is 2. The van der Waals surface area contributed by atoms with Crippen LogP contribution in [0.25, 0.3) is 22.7 Å². The largest absolute Gasteiger partial charge is 0.396 e. The number of aliphatic hydroxyl groups excluding tert-OH is 1. The van der Waals surface area contributed by atoms with Crippen LogP contribution in [-0.2, 0) is 6.42 Å². The number of imidazole rings is 1. The fraction of sp³-hybridized carbons (Fsp3) is 0.208. The van der Waals surface area contributed by atoms with Crippen molar-refractivity contribution >= 4 is 22.5 Å². The van der Waals surface area contributed by atoms with Crippen LogP contribution in [0.15, 0.2) is 54.9 Å². The van der Waals surface area contributed by atoms with Gasteiger partial charge in [-0.15, -0.1) is 5.10 Å². The second kappa shape index (κ2) is 8.44. The Hall–Kier alpha value is -4.11. The number of rotatable bonds is 6. The van der Waals surface area contributed by atoms with E-state index < -0.39 is 0 Å². The molecule has 0 bridgehead atoms. The molecule has 0 aliphatic carbocycles. The summed E-state index contributed by atoms with van der Waals surface area (Å²) >= 11 is 0. The first kappa shape index (κ1) is 20.8. The number of benzene rings is 1. The summed E-state index contributed by atoms with van der Waals surface area (Å²) in [5.41, 5.74) is 6.34. The predicted molar refractivity (Wildman–Crippen MR) is 126 cm³/mol. The number of aryl methyl sites for hydroxylation is 3. The molecule has 9 heteroatoms. The van der Waals surface area contributed by atoms with Gasteiger partial charge in [-0.2, -0.15) is 10.2 Å². The van der Waals surface area contributed by atoms with Crippen molar-refractivity contribution < 1.29 is 5.11 Å². The van der Waals surface area contributed by atoms with Gasteiger partial charge in [0.25, 0.3) is 0 Å². The van der Waals surface area contributed by atoms with Crippen molar-refractivity contribution in [2.24, 2.45) is 0 Å². The van der Waals surface area contributed by atoms with Crippen molar-refractivity contribution in [1.29, 1.82) is 0 Å². The lowest BCUT2D eigenvalue weighted by Gasteiger charge is -2.13. The minimum absolute atomic E-state index is 0.0441. The van der Waals surface area contributed by atoms with Crippen molar-refractivity contribution in [2.75, 3.05) is 11.9 Å². The Bertz CT molecular complexity index is 1440. The molecule has 5 rings (SSSR count). The zero-order chi connectivity index (χ0) is 22.9. The topological polar surface area (TPSA) is 107 Å². The van der Waals surface area contributed by atoms with Gasteiger partial charge in [-0.05, 0) is 75.2 Å². The number of pyridine rings is 1. The lowest BCUT2D eigenvalue weighted by molar-refractivity contribution is 0.299. The molecular weight excluding hydrogens is 416 g/mol. The zero-order valence-electron chi connectivity index (χ0n) is 18.7. The molecule has 0 saturated heterocycles. The standard InChI is InChI=1S/C24H24N8O/c1-15-4-8-22(29-28-15)26-19-6-7-21-20(13-19)25-14-31(21)23-9-5-18(10-11-33)24(27-23)32-17(3)12-16(2)30-32/h4-9,12-14,33H,10-11H2,1-3H3,(H,26,29). The molecular formula is C24H24N8O. The first-order valence-electron chi connectivity index (χ1n) is 10.7. The van der Waals surface area contributed by atoms with Crippen LogP contribution in [0.4, 0.5) is 11.5 Å². The molecule has 0 amide bonds. The predicted octanol–water partition coefficient (Wildman–Crippen LogP) is 3.60. The summed E-state index contributed by atoms with van der Waals surface area (Å²) in [5, 5.41) is 25.6. The molecule has 9 nitrogen and oxygen atoms in total. The molecule has 33 heavy (non-hydrogen) atoms. The van der Waals surface area contributed by atoms with E-state index in [0.29, 0.717) is 18.1 Å². The highest BCUT2D eigenvalue weighted by atomic mass is 16.3. The van der Waals surface area contributed by atoms with Gasteiger partial charge in [0.05, 0.1) is 22.4 Å². The summed E-state index contributed by atoms with van der Waals surface area (Å²) < 4.78 is 3.77. The Kier molecular flexibility index (Phi) is 5.31. The molecule has 4 heterocycles. The maximum atomic E-state index is 9.52. The molecule has 166 valence electrons. The van der Waals surface area contributed by atoms with Gasteiger partial charge in [0.15, 0.2) is 11.6 Å². The molecule has 0 fully saturated rings. The molecule has 0 saturated carbocycles. The molecule has 0 unspecified atom stereocenters. The van der Waals surface area contributed by atoms with Gasteiger partial charge >= 0.3 is 0 Å². The van der Waals surface area contributed by atoms with Crippen molar-refractivity contribution in [3.8, 4) is 11.6 Å². The summed E-state index contributed by atoms with van der Waals surface area (Å²) in [7, 11) is 0. The Morgan fingerprint density at radius 3 is 2.55 bits per heavy atom. The third-order valence-electron chi connectivity index (χ3n) is 5.40. The van der Waals surface area contributed by atoms with Crippen LogP contribution in [-0.4, -0.2) is 46.2 Å². The summed E-state index contributed by atoms with van der Waals surface area (Å²) in [6, 6.07) is 15.7. The fourth-order valence-electron chi connectivity index (χ4n) is 3.83. The van der Waals surface area contributed by atoms with Crippen LogP contribution in [0.1, 0.15) is 22.6 Å². The van der Waals surface area contributed by atoms with Crippen molar-refractivity contribution in [3.63, 3.8) is 0 Å². The Balaban J connectivity index is 1.53. The summed E-state index contributed by atoms with van der Waals surface area (Å²) in [5.74, 6) is 2.12. The fourth-order valence-corrected chi connectivity index (χ4v) is 3.83. The van der Waals surface area contributed by atoms with Crippen molar-refractivity contribution in [1.82, 2.24) is 34.5 Å². The molecule has 0 atom stereocenters. The zero-order valence-corrected chi connectivity index (χ0v) is 18.7. The second-order valence-corrected chi connectivity index (χ2v) is 7.97. The van der Waals surface area contributed by atoms with E-state index in [-0.39, 0.29) is 6.61 Å². The number of nitrogens with one attached hydrogen (secondary N) is 1. The highest BCUT2D eigenvalue weighted by molar-refractivity contribution is 5.82. The smallest absolute Gasteiger partial charge is 0.159 e. The van der Waals surface area contributed by atoms with Gasteiger partial charge in [0.2, 0.25) is 0 Å². The maximum Gasteiger partial charge on any atom is 0.159 e. The maximum absolute atomic E-state index is 9.52. The Morgan fingerprint density at radius 1 is 0.939 bits per heavy atom. The molecule has 0 spiro atoms. The first-order chi connectivity index (χ1) is 16.0. The quantitative estimate of drug-likeness (QED) is 0.415. The second-order valence-electron chi connectivity index (χ2n) is 7.97. The number of anilines is 2. The van der Waals surface area contributed by atoms with Crippen molar-refractivity contribution in [3.05, 3.63) is 77.5 Å². The first-order valence-corrected chi connectivity index (χ1v) is 10.7. The normalized spacial score (nSPS) is 11.3. The Morgan fingerprint density at radius 2 is 1.82 bits per heavy atom. The molecule has 0 aliphatic heterocycles. The number of hydrogen-bond acceptors (Lipinski definition) is 7. The molecule has 2 N–H and O–H groups in total. The molecule has 0 aliphatic rings. The van der Waals surface area contributed by atoms with Crippen molar-refractivity contribution in [2.45, 2.75) is 27.2 Å². The van der Waals surface area contributed by atoms with Crippen LogP contribution >= 0.6 is 0 Å². The number of fused-ring (bicyclic) bond motifs is 1. The van der Waals surface area contributed by atoms with Gasteiger partial charge in [-0.1, -0.05) is 6.07 Å². The summed E-state index contributed by atoms with van der Waals surface area (Å²) in [6.45, 7) is 5.90. The SMILES string of the molecule is Cc1ccc(Nc2ccc3c(c2)ncn3-c2ccc(CCO)c(-n3nc(C)cc3C)n2)nn1. The van der Waals surface area contributed by atoms with E-state index in [1.54, 1.807) is 6.33 Å².